The average molecular weight is 252 g/mol. The van der Waals surface area contributed by atoms with Crippen LogP contribution in [0.3, 0.4) is 0 Å². The van der Waals surface area contributed by atoms with E-state index in [0.29, 0.717) is 6.42 Å². The van der Waals surface area contributed by atoms with Crippen molar-refractivity contribution in [2.24, 2.45) is 0 Å². The van der Waals surface area contributed by atoms with Gasteiger partial charge in [0.15, 0.2) is 0 Å². The largest absolute Gasteiger partial charge is 0.248 e. The molecule has 1 aromatic heterocycles. The summed E-state index contributed by atoms with van der Waals surface area (Å²) in [6.45, 7) is 0. The number of rotatable bonds is 4. The molecule has 0 aromatic carbocycles. The third-order valence-corrected chi connectivity index (χ3v) is 5.41. The first kappa shape index (κ1) is 11.9. The Kier molecular flexibility index (Phi) is 4.68. The van der Waals surface area contributed by atoms with Gasteiger partial charge < -0.3 is 0 Å². The third kappa shape index (κ3) is 3.50. The molecular weight excluding hydrogens is 236 g/mol. The van der Waals surface area contributed by atoms with Crippen LogP contribution in [0.5, 0.6) is 0 Å². The van der Waals surface area contributed by atoms with Crippen LogP contribution in [0.4, 0.5) is 0 Å². The fourth-order valence-electron chi connectivity index (χ4n) is 2.00. The predicted molar refractivity (Wildman–Crippen MR) is 69.6 cm³/mol. The van der Waals surface area contributed by atoms with Gasteiger partial charge in [0, 0.05) is 22.1 Å². The topological polar surface area (TPSA) is 36.7 Å². The van der Waals surface area contributed by atoms with Gasteiger partial charge in [-0.2, -0.15) is 17.0 Å². The Hall–Kier alpha value is -0.530. The van der Waals surface area contributed by atoms with E-state index < -0.39 is 0 Å². The molecule has 86 valence electrons. The van der Waals surface area contributed by atoms with Gasteiger partial charge in [-0.15, -0.1) is 11.3 Å². The standard InChI is InChI=1S/C12H16N2S2/c13-7-6-11-8-14-12(16-11)9-15-10-4-2-1-3-5-10/h8,10H,1-6,9H2. The summed E-state index contributed by atoms with van der Waals surface area (Å²) < 4.78 is 0. The molecule has 16 heavy (non-hydrogen) atoms. The fraction of sp³-hybridized carbons (Fsp3) is 0.667. The minimum atomic E-state index is 0.506. The molecule has 0 unspecified atom stereocenters. The summed E-state index contributed by atoms with van der Waals surface area (Å²) in [5, 5.41) is 10.6. The van der Waals surface area contributed by atoms with E-state index in [1.807, 2.05) is 18.0 Å². The maximum Gasteiger partial charge on any atom is 0.103 e. The molecule has 0 saturated heterocycles. The molecule has 4 heteroatoms. The minimum absolute atomic E-state index is 0.506. The second-order valence-corrected chi connectivity index (χ2v) is 6.61. The van der Waals surface area contributed by atoms with E-state index in [9.17, 15) is 0 Å². The molecule has 2 rings (SSSR count). The van der Waals surface area contributed by atoms with Crippen molar-refractivity contribution in [1.29, 1.82) is 5.26 Å². The summed E-state index contributed by atoms with van der Waals surface area (Å²) in [5.41, 5.74) is 0. The van der Waals surface area contributed by atoms with Crippen LogP contribution in [0, 0.1) is 11.3 Å². The zero-order valence-corrected chi connectivity index (χ0v) is 10.9. The van der Waals surface area contributed by atoms with Crippen molar-refractivity contribution in [3.05, 3.63) is 16.1 Å². The Morgan fingerprint density at radius 1 is 1.44 bits per heavy atom. The summed E-state index contributed by atoms with van der Waals surface area (Å²) in [5.74, 6) is 1.03. The van der Waals surface area contributed by atoms with E-state index in [4.69, 9.17) is 5.26 Å². The van der Waals surface area contributed by atoms with Crippen LogP contribution >= 0.6 is 23.1 Å². The number of thiazole rings is 1. The van der Waals surface area contributed by atoms with Crippen LogP contribution in [0.15, 0.2) is 6.20 Å². The Bertz CT molecular complexity index is 361. The molecule has 0 N–H and O–H groups in total. The van der Waals surface area contributed by atoms with Gasteiger partial charge in [-0.25, -0.2) is 4.98 Å². The first-order valence-corrected chi connectivity index (χ1v) is 7.67. The second-order valence-electron chi connectivity index (χ2n) is 4.13. The lowest BCUT2D eigenvalue weighted by Crippen LogP contribution is -2.07. The Morgan fingerprint density at radius 3 is 3.00 bits per heavy atom. The van der Waals surface area contributed by atoms with Crippen LogP contribution in [-0.4, -0.2) is 10.2 Å². The molecule has 1 saturated carbocycles. The molecule has 1 aliphatic carbocycles. The zero-order chi connectivity index (χ0) is 11.2. The van der Waals surface area contributed by atoms with Crippen LogP contribution in [0.1, 0.15) is 42.0 Å². The highest BCUT2D eigenvalue weighted by Crippen LogP contribution is 2.31. The van der Waals surface area contributed by atoms with E-state index in [2.05, 4.69) is 11.1 Å². The smallest absolute Gasteiger partial charge is 0.103 e. The highest BCUT2D eigenvalue weighted by molar-refractivity contribution is 7.99. The lowest BCUT2D eigenvalue weighted by atomic mass is 10.0. The van der Waals surface area contributed by atoms with Crippen molar-refractivity contribution in [3.8, 4) is 6.07 Å². The molecule has 0 spiro atoms. The summed E-state index contributed by atoms with van der Waals surface area (Å²) >= 11 is 3.74. The van der Waals surface area contributed by atoms with Gasteiger partial charge in [0.05, 0.1) is 12.5 Å². The first-order valence-electron chi connectivity index (χ1n) is 5.80. The molecule has 1 heterocycles. The molecule has 0 atom stereocenters. The van der Waals surface area contributed by atoms with Crippen LogP contribution in [0.2, 0.25) is 0 Å². The predicted octanol–water partition coefficient (Wildman–Crippen LogP) is 3.78. The summed E-state index contributed by atoms with van der Waals surface area (Å²) in [6, 6.07) is 2.17. The van der Waals surface area contributed by atoms with Crippen molar-refractivity contribution in [3.63, 3.8) is 0 Å². The van der Waals surface area contributed by atoms with Gasteiger partial charge in [-0.05, 0) is 12.8 Å². The highest BCUT2D eigenvalue weighted by atomic mass is 32.2. The van der Waals surface area contributed by atoms with Crippen molar-refractivity contribution in [2.45, 2.75) is 49.5 Å². The number of aromatic nitrogens is 1. The maximum atomic E-state index is 8.59. The first-order chi connectivity index (χ1) is 7.88. The number of thioether (sulfide) groups is 1. The molecular formula is C12H16N2S2. The zero-order valence-electron chi connectivity index (χ0n) is 9.32. The van der Waals surface area contributed by atoms with Gasteiger partial charge in [0.25, 0.3) is 0 Å². The van der Waals surface area contributed by atoms with Gasteiger partial charge in [0.1, 0.15) is 5.01 Å². The van der Waals surface area contributed by atoms with Crippen molar-refractivity contribution >= 4 is 23.1 Å². The second kappa shape index (κ2) is 6.27. The Labute approximate surface area is 105 Å². The average Bonchev–Trinajstić information content (AvgIpc) is 2.76. The maximum absolute atomic E-state index is 8.59. The lowest BCUT2D eigenvalue weighted by molar-refractivity contribution is 0.516. The third-order valence-electron chi connectivity index (χ3n) is 2.85. The fourth-order valence-corrected chi connectivity index (χ4v) is 4.20. The Morgan fingerprint density at radius 2 is 2.25 bits per heavy atom. The van der Waals surface area contributed by atoms with Crippen molar-refractivity contribution < 1.29 is 0 Å². The number of hydrogen-bond donors (Lipinski definition) is 0. The molecule has 1 aromatic rings. The summed E-state index contributed by atoms with van der Waals surface area (Å²) in [6.07, 6.45) is 9.32. The van der Waals surface area contributed by atoms with E-state index in [1.54, 1.807) is 11.3 Å². The van der Waals surface area contributed by atoms with Gasteiger partial charge in [-0.3, -0.25) is 0 Å². The molecule has 2 nitrogen and oxygen atoms in total. The van der Waals surface area contributed by atoms with E-state index in [1.165, 1.54) is 37.1 Å². The van der Waals surface area contributed by atoms with Crippen molar-refractivity contribution in [2.75, 3.05) is 0 Å². The summed E-state index contributed by atoms with van der Waals surface area (Å²) in [7, 11) is 0. The number of nitrogens with zero attached hydrogens (tertiary/aromatic N) is 2. The lowest BCUT2D eigenvalue weighted by Gasteiger charge is -2.20. The SMILES string of the molecule is N#CCc1cnc(CSC2CCCCC2)s1. The molecule has 0 amide bonds. The number of nitriles is 1. The van der Waals surface area contributed by atoms with E-state index in [-0.39, 0.29) is 0 Å². The molecule has 0 radical (unpaired) electrons. The quantitative estimate of drug-likeness (QED) is 0.818. The normalized spacial score (nSPS) is 17.2. The van der Waals surface area contributed by atoms with Crippen LogP contribution in [0.25, 0.3) is 0 Å². The minimum Gasteiger partial charge on any atom is -0.248 e. The Balaban J connectivity index is 1.77. The molecule has 1 aliphatic rings. The van der Waals surface area contributed by atoms with Gasteiger partial charge in [0.2, 0.25) is 0 Å². The highest BCUT2D eigenvalue weighted by Gasteiger charge is 2.14. The molecule has 1 fully saturated rings. The monoisotopic (exact) mass is 252 g/mol. The van der Waals surface area contributed by atoms with Crippen molar-refractivity contribution in [1.82, 2.24) is 4.98 Å². The number of hydrogen-bond acceptors (Lipinski definition) is 4. The summed E-state index contributed by atoms with van der Waals surface area (Å²) in [4.78, 5) is 5.46. The van der Waals surface area contributed by atoms with Gasteiger partial charge >= 0.3 is 0 Å². The van der Waals surface area contributed by atoms with E-state index >= 15 is 0 Å². The van der Waals surface area contributed by atoms with Crippen LogP contribution < -0.4 is 0 Å². The van der Waals surface area contributed by atoms with E-state index in [0.717, 1.165) is 15.9 Å². The van der Waals surface area contributed by atoms with Crippen LogP contribution in [-0.2, 0) is 12.2 Å². The molecule has 0 aliphatic heterocycles. The molecule has 0 bridgehead atoms. The van der Waals surface area contributed by atoms with Gasteiger partial charge in [-0.1, -0.05) is 19.3 Å².